The van der Waals surface area contributed by atoms with E-state index < -0.39 is 0 Å². The lowest BCUT2D eigenvalue weighted by Crippen LogP contribution is -2.23. The van der Waals surface area contributed by atoms with Crippen LogP contribution in [0.25, 0.3) is 21.6 Å². The van der Waals surface area contributed by atoms with Gasteiger partial charge in [0.2, 0.25) is 0 Å². The molecule has 30 heavy (non-hydrogen) atoms. The van der Waals surface area contributed by atoms with E-state index in [9.17, 15) is 9.18 Å². The zero-order chi connectivity index (χ0) is 21.1. The number of hydrogen-bond acceptors (Lipinski definition) is 3. The molecule has 3 aromatic carbocycles. The molecular formula is C24H18ClFN2OS. The van der Waals surface area contributed by atoms with Gasteiger partial charge in [-0.3, -0.25) is 4.79 Å². The second-order valence-electron chi connectivity index (χ2n) is 6.73. The Kier molecular flexibility index (Phi) is 5.84. The summed E-state index contributed by atoms with van der Waals surface area (Å²) in [6.45, 7) is 0.390. The van der Waals surface area contributed by atoms with Gasteiger partial charge in [0.25, 0.3) is 5.91 Å². The number of benzene rings is 3. The van der Waals surface area contributed by atoms with Crippen LogP contribution in [0.1, 0.15) is 15.9 Å². The zero-order valence-corrected chi connectivity index (χ0v) is 17.4. The molecule has 0 bridgehead atoms. The molecule has 0 unspecified atom stereocenters. The van der Waals surface area contributed by atoms with Gasteiger partial charge in [-0.15, -0.1) is 11.3 Å². The number of thiophene rings is 1. The fraction of sp³-hybridized carbons (Fsp3) is 0.0417. The van der Waals surface area contributed by atoms with Crippen LogP contribution in [0.3, 0.4) is 0 Å². The normalized spacial score (nSPS) is 10.7. The van der Waals surface area contributed by atoms with Gasteiger partial charge in [0, 0.05) is 22.0 Å². The summed E-state index contributed by atoms with van der Waals surface area (Å²) >= 11 is 7.37. The van der Waals surface area contributed by atoms with Gasteiger partial charge in [-0.25, -0.2) is 4.39 Å². The number of carbonyl (C=O) groups excluding carboxylic acids is 1. The van der Waals surface area contributed by atoms with Crippen LogP contribution in [0.2, 0.25) is 5.02 Å². The van der Waals surface area contributed by atoms with E-state index in [1.54, 1.807) is 24.3 Å². The monoisotopic (exact) mass is 436 g/mol. The van der Waals surface area contributed by atoms with Gasteiger partial charge in [-0.05, 0) is 41.0 Å². The molecule has 0 atom stereocenters. The summed E-state index contributed by atoms with van der Waals surface area (Å²) in [7, 11) is 0. The van der Waals surface area contributed by atoms with E-state index >= 15 is 0 Å². The van der Waals surface area contributed by atoms with Crippen LogP contribution < -0.4 is 11.1 Å². The van der Waals surface area contributed by atoms with Gasteiger partial charge in [-0.1, -0.05) is 66.2 Å². The maximum absolute atomic E-state index is 13.4. The van der Waals surface area contributed by atoms with Crippen molar-refractivity contribution in [3.8, 4) is 21.6 Å². The highest BCUT2D eigenvalue weighted by atomic mass is 35.5. The van der Waals surface area contributed by atoms with Crippen molar-refractivity contribution >= 4 is 33.8 Å². The van der Waals surface area contributed by atoms with Crippen LogP contribution in [0.5, 0.6) is 0 Å². The van der Waals surface area contributed by atoms with E-state index in [-0.39, 0.29) is 11.7 Å². The molecule has 0 saturated heterocycles. The van der Waals surface area contributed by atoms with E-state index in [2.05, 4.69) is 5.32 Å². The van der Waals surface area contributed by atoms with E-state index in [0.29, 0.717) is 27.7 Å². The highest BCUT2D eigenvalue weighted by Crippen LogP contribution is 2.45. The molecule has 1 amide bonds. The molecule has 1 aromatic heterocycles. The maximum atomic E-state index is 13.4. The Morgan fingerprint density at radius 1 is 0.933 bits per heavy atom. The third-order valence-corrected chi connectivity index (χ3v) is 6.02. The summed E-state index contributed by atoms with van der Waals surface area (Å²) in [5.41, 5.74) is 10.0. The molecular weight excluding hydrogens is 419 g/mol. The molecule has 1 heterocycles. The van der Waals surface area contributed by atoms with Crippen molar-refractivity contribution in [3.05, 3.63) is 101 Å². The first kappa shape index (κ1) is 20.1. The second-order valence-corrected chi connectivity index (χ2v) is 8.22. The Bertz CT molecular complexity index is 1170. The van der Waals surface area contributed by atoms with E-state index in [1.807, 2.05) is 42.5 Å². The first-order chi connectivity index (χ1) is 14.5. The summed E-state index contributed by atoms with van der Waals surface area (Å²) in [5, 5.41) is 3.96. The van der Waals surface area contributed by atoms with E-state index in [0.717, 1.165) is 21.6 Å². The molecule has 0 radical (unpaired) electrons. The summed E-state index contributed by atoms with van der Waals surface area (Å²) in [4.78, 5) is 13.9. The van der Waals surface area contributed by atoms with Crippen LogP contribution in [-0.4, -0.2) is 5.91 Å². The minimum atomic E-state index is -0.322. The standard InChI is InChI=1S/C24H18ClFN2OS/c25-18-10-6-16(7-11-18)20-21(24(29)28-14-15-4-2-1-3-5-15)23(27)30-22(20)17-8-12-19(26)13-9-17/h1-13H,14,27H2,(H,28,29). The molecule has 0 aliphatic carbocycles. The second kappa shape index (κ2) is 8.69. The predicted octanol–water partition coefficient (Wildman–Crippen LogP) is 6.39. The molecule has 0 aliphatic heterocycles. The molecule has 150 valence electrons. The van der Waals surface area contributed by atoms with Gasteiger partial charge in [-0.2, -0.15) is 0 Å². The van der Waals surface area contributed by atoms with Crippen LogP contribution in [0.4, 0.5) is 9.39 Å². The number of amides is 1. The lowest BCUT2D eigenvalue weighted by atomic mass is 9.97. The Hall–Kier alpha value is -3.15. The zero-order valence-electron chi connectivity index (χ0n) is 15.9. The Morgan fingerprint density at radius 3 is 2.23 bits per heavy atom. The van der Waals surface area contributed by atoms with Crippen LogP contribution >= 0.6 is 22.9 Å². The van der Waals surface area contributed by atoms with Crippen LogP contribution in [0.15, 0.2) is 78.9 Å². The van der Waals surface area contributed by atoms with Gasteiger partial charge in [0.1, 0.15) is 5.82 Å². The number of nitrogen functional groups attached to an aromatic ring is 1. The summed E-state index contributed by atoms with van der Waals surface area (Å²) in [6, 6.07) is 23.1. The van der Waals surface area contributed by atoms with Crippen molar-refractivity contribution in [1.82, 2.24) is 5.32 Å². The lowest BCUT2D eigenvalue weighted by Gasteiger charge is -2.10. The highest BCUT2D eigenvalue weighted by molar-refractivity contribution is 7.20. The van der Waals surface area contributed by atoms with Crippen LogP contribution in [0, 0.1) is 5.82 Å². The molecule has 3 nitrogen and oxygen atoms in total. The number of rotatable bonds is 5. The molecule has 3 N–H and O–H groups in total. The average molecular weight is 437 g/mol. The number of nitrogens with two attached hydrogens (primary N) is 1. The lowest BCUT2D eigenvalue weighted by molar-refractivity contribution is 0.0953. The smallest absolute Gasteiger partial charge is 0.255 e. The Morgan fingerprint density at radius 2 is 1.57 bits per heavy atom. The number of nitrogens with one attached hydrogen (secondary N) is 1. The molecule has 0 saturated carbocycles. The molecule has 4 aromatic rings. The molecule has 0 aliphatic rings. The first-order valence-electron chi connectivity index (χ1n) is 9.29. The number of hydrogen-bond donors (Lipinski definition) is 2. The fourth-order valence-corrected chi connectivity index (χ4v) is 4.46. The van der Waals surface area contributed by atoms with Gasteiger partial charge >= 0.3 is 0 Å². The van der Waals surface area contributed by atoms with Gasteiger partial charge in [0.05, 0.1) is 10.6 Å². The topological polar surface area (TPSA) is 55.1 Å². The number of anilines is 1. The van der Waals surface area contributed by atoms with Crippen molar-refractivity contribution in [2.24, 2.45) is 0 Å². The first-order valence-corrected chi connectivity index (χ1v) is 10.5. The van der Waals surface area contributed by atoms with Crippen LogP contribution in [-0.2, 0) is 6.54 Å². The maximum Gasteiger partial charge on any atom is 0.255 e. The summed E-state index contributed by atoms with van der Waals surface area (Å²) in [6.07, 6.45) is 0. The van der Waals surface area contributed by atoms with Crippen molar-refractivity contribution in [3.63, 3.8) is 0 Å². The van der Waals surface area contributed by atoms with E-state index in [1.165, 1.54) is 23.5 Å². The number of carbonyl (C=O) groups is 1. The largest absolute Gasteiger partial charge is 0.390 e. The third-order valence-electron chi connectivity index (χ3n) is 4.70. The van der Waals surface area contributed by atoms with Crippen molar-refractivity contribution in [2.45, 2.75) is 6.54 Å². The highest BCUT2D eigenvalue weighted by Gasteiger charge is 2.24. The average Bonchev–Trinajstić information content (AvgIpc) is 3.11. The SMILES string of the molecule is Nc1sc(-c2ccc(F)cc2)c(-c2ccc(Cl)cc2)c1C(=O)NCc1ccccc1. The third kappa shape index (κ3) is 4.22. The van der Waals surface area contributed by atoms with Gasteiger partial charge in [0.15, 0.2) is 0 Å². The van der Waals surface area contributed by atoms with Crippen molar-refractivity contribution in [2.75, 3.05) is 5.73 Å². The Labute approximate surface area is 182 Å². The predicted molar refractivity (Wildman–Crippen MR) is 122 cm³/mol. The minimum Gasteiger partial charge on any atom is -0.390 e. The summed E-state index contributed by atoms with van der Waals surface area (Å²) < 4.78 is 13.4. The minimum absolute atomic E-state index is 0.258. The fourth-order valence-electron chi connectivity index (χ4n) is 3.24. The number of halogens is 2. The Balaban J connectivity index is 1.78. The molecule has 0 spiro atoms. The quantitative estimate of drug-likeness (QED) is 0.381. The molecule has 6 heteroatoms. The van der Waals surface area contributed by atoms with Gasteiger partial charge < -0.3 is 11.1 Å². The van der Waals surface area contributed by atoms with Crippen molar-refractivity contribution in [1.29, 1.82) is 0 Å². The molecule has 0 fully saturated rings. The summed E-state index contributed by atoms with van der Waals surface area (Å²) in [5.74, 6) is -0.580. The van der Waals surface area contributed by atoms with Crippen molar-refractivity contribution < 1.29 is 9.18 Å². The van der Waals surface area contributed by atoms with E-state index in [4.69, 9.17) is 17.3 Å². The molecule has 4 rings (SSSR count).